The smallest absolute Gasteiger partial charge is 0.354 e. The first kappa shape index (κ1) is 13.5. The predicted molar refractivity (Wildman–Crippen MR) is 69.6 cm³/mol. The summed E-state index contributed by atoms with van der Waals surface area (Å²) < 4.78 is 13.0. The molecule has 0 aliphatic rings. The minimum atomic E-state index is -1.09. The highest BCUT2D eigenvalue weighted by atomic mass is 19.1. The van der Waals surface area contributed by atoms with E-state index in [1.165, 1.54) is 24.4 Å². The molecule has 0 radical (unpaired) electrons. The highest BCUT2D eigenvalue weighted by Gasteiger charge is 2.05. The molecule has 0 fully saturated rings. The third kappa shape index (κ3) is 3.09. The summed E-state index contributed by atoms with van der Waals surface area (Å²) in [6.45, 7) is 0.354. The number of aromatic carboxylic acids is 1. The molecule has 0 bridgehead atoms. The fraction of sp³-hybridized carbons (Fsp3) is 0.0714. The maximum absolute atomic E-state index is 13.0. The number of nitrogens with zero attached hydrogens (tertiary/aromatic N) is 2. The van der Waals surface area contributed by atoms with Crippen LogP contribution in [0.25, 0.3) is 0 Å². The third-order valence-electron chi connectivity index (χ3n) is 2.63. The highest BCUT2D eigenvalue weighted by Crippen LogP contribution is 2.16. The van der Waals surface area contributed by atoms with Gasteiger partial charge in [-0.1, -0.05) is 6.07 Å². The van der Waals surface area contributed by atoms with E-state index >= 15 is 0 Å². The number of halogens is 1. The topological polar surface area (TPSA) is 86.0 Å². The molecule has 100 valence electrons. The van der Waals surface area contributed by atoms with Gasteiger partial charge in [-0.3, -0.25) is 0 Å². The molecule has 0 amide bonds. The van der Waals surface area contributed by atoms with E-state index in [4.69, 9.17) is 10.4 Å². The maximum atomic E-state index is 13.0. The summed E-state index contributed by atoms with van der Waals surface area (Å²) in [5, 5.41) is 20.6. The zero-order valence-corrected chi connectivity index (χ0v) is 10.3. The molecule has 2 rings (SSSR count). The van der Waals surface area contributed by atoms with Gasteiger partial charge in [0.25, 0.3) is 0 Å². The number of carbonyl (C=O) groups is 1. The van der Waals surface area contributed by atoms with Crippen molar-refractivity contribution in [2.75, 3.05) is 5.32 Å². The standard InChI is InChI=1S/C14H10FN3O2/c15-11-2-4-12(10(5-11)6-16)17-7-9-1-3-13(14(19)20)18-8-9/h1-5,8,17H,7H2,(H,19,20). The summed E-state index contributed by atoms with van der Waals surface area (Å²) in [4.78, 5) is 14.4. The molecule has 6 heteroatoms. The molecule has 0 aliphatic heterocycles. The van der Waals surface area contributed by atoms with Gasteiger partial charge in [0.15, 0.2) is 0 Å². The normalized spacial score (nSPS) is 9.80. The lowest BCUT2D eigenvalue weighted by molar-refractivity contribution is 0.0690. The predicted octanol–water partition coefficient (Wildman–Crippen LogP) is 2.40. The number of benzene rings is 1. The van der Waals surface area contributed by atoms with Gasteiger partial charge in [0.1, 0.15) is 17.6 Å². The van der Waals surface area contributed by atoms with Crippen molar-refractivity contribution in [2.24, 2.45) is 0 Å². The molecule has 1 heterocycles. The largest absolute Gasteiger partial charge is 0.477 e. The Labute approximate surface area is 114 Å². The number of nitriles is 1. The van der Waals surface area contributed by atoms with Gasteiger partial charge >= 0.3 is 5.97 Å². The number of carboxylic acid groups (broad SMARTS) is 1. The Bertz CT molecular complexity index is 678. The van der Waals surface area contributed by atoms with E-state index in [0.29, 0.717) is 12.2 Å². The fourth-order valence-electron chi connectivity index (χ4n) is 1.62. The van der Waals surface area contributed by atoms with Crippen LogP contribution in [0, 0.1) is 17.1 Å². The fourth-order valence-corrected chi connectivity index (χ4v) is 1.62. The van der Waals surface area contributed by atoms with Gasteiger partial charge in [-0.25, -0.2) is 14.2 Å². The summed E-state index contributed by atoms with van der Waals surface area (Å²) >= 11 is 0. The molecular weight excluding hydrogens is 261 g/mol. The quantitative estimate of drug-likeness (QED) is 0.891. The van der Waals surface area contributed by atoms with Crippen LogP contribution >= 0.6 is 0 Å². The van der Waals surface area contributed by atoms with Gasteiger partial charge in [0.2, 0.25) is 0 Å². The van der Waals surface area contributed by atoms with E-state index < -0.39 is 11.8 Å². The van der Waals surface area contributed by atoms with Crippen molar-refractivity contribution in [3.8, 4) is 6.07 Å². The van der Waals surface area contributed by atoms with Crippen LogP contribution in [0.15, 0.2) is 36.5 Å². The number of rotatable bonds is 4. The lowest BCUT2D eigenvalue weighted by atomic mass is 10.2. The maximum Gasteiger partial charge on any atom is 0.354 e. The minimum Gasteiger partial charge on any atom is -0.477 e. The Kier molecular flexibility index (Phi) is 3.91. The molecular formula is C14H10FN3O2. The molecule has 2 N–H and O–H groups in total. The number of carboxylic acids is 1. The van der Waals surface area contributed by atoms with Crippen molar-refractivity contribution in [3.63, 3.8) is 0 Å². The summed E-state index contributed by atoms with van der Waals surface area (Å²) in [6, 6.07) is 8.81. The zero-order valence-electron chi connectivity index (χ0n) is 10.3. The molecule has 0 atom stereocenters. The van der Waals surface area contributed by atoms with E-state index in [0.717, 1.165) is 11.6 Å². The van der Waals surface area contributed by atoms with Gasteiger partial charge in [0, 0.05) is 12.7 Å². The van der Waals surface area contributed by atoms with E-state index in [1.54, 1.807) is 6.07 Å². The Hall–Kier alpha value is -2.94. The number of aromatic nitrogens is 1. The number of nitrogens with one attached hydrogen (secondary N) is 1. The second-order valence-electron chi connectivity index (χ2n) is 4.01. The first-order chi connectivity index (χ1) is 9.60. The SMILES string of the molecule is N#Cc1cc(F)ccc1NCc1ccc(C(=O)O)nc1. The average molecular weight is 271 g/mol. The Balaban J connectivity index is 2.09. The van der Waals surface area contributed by atoms with Crippen molar-refractivity contribution >= 4 is 11.7 Å². The van der Waals surface area contributed by atoms with E-state index in [-0.39, 0.29) is 11.3 Å². The summed E-state index contributed by atoms with van der Waals surface area (Å²) in [7, 11) is 0. The Morgan fingerprint density at radius 1 is 1.40 bits per heavy atom. The number of pyridine rings is 1. The molecule has 1 aromatic carbocycles. The van der Waals surface area contributed by atoms with Crippen molar-refractivity contribution in [1.29, 1.82) is 5.26 Å². The van der Waals surface area contributed by atoms with Gasteiger partial charge in [-0.15, -0.1) is 0 Å². The van der Waals surface area contributed by atoms with Crippen LogP contribution in [0.2, 0.25) is 0 Å². The molecule has 0 unspecified atom stereocenters. The van der Waals surface area contributed by atoms with Crippen LogP contribution in [-0.2, 0) is 6.54 Å². The van der Waals surface area contributed by atoms with Crippen LogP contribution in [0.5, 0.6) is 0 Å². The van der Waals surface area contributed by atoms with E-state index in [1.807, 2.05) is 6.07 Å². The molecule has 5 nitrogen and oxygen atoms in total. The second kappa shape index (κ2) is 5.80. The number of anilines is 1. The summed E-state index contributed by atoms with van der Waals surface area (Å²) in [5.74, 6) is -1.56. The van der Waals surface area contributed by atoms with Crippen LogP contribution in [-0.4, -0.2) is 16.1 Å². The third-order valence-corrected chi connectivity index (χ3v) is 2.63. The minimum absolute atomic E-state index is 0.0340. The monoisotopic (exact) mass is 271 g/mol. The first-order valence-corrected chi connectivity index (χ1v) is 5.72. The summed E-state index contributed by atoms with van der Waals surface area (Å²) in [6.07, 6.45) is 1.44. The van der Waals surface area contributed by atoms with Crippen molar-refractivity contribution in [2.45, 2.75) is 6.54 Å². The van der Waals surface area contributed by atoms with Crippen molar-refractivity contribution in [3.05, 3.63) is 59.2 Å². The zero-order chi connectivity index (χ0) is 14.5. The van der Waals surface area contributed by atoms with Crippen LogP contribution in [0.4, 0.5) is 10.1 Å². The molecule has 0 aliphatic carbocycles. The van der Waals surface area contributed by atoms with Gasteiger partial charge in [-0.2, -0.15) is 5.26 Å². The number of hydrogen-bond acceptors (Lipinski definition) is 4. The van der Waals surface area contributed by atoms with Gasteiger partial charge < -0.3 is 10.4 Å². The molecule has 2 aromatic rings. The second-order valence-corrected chi connectivity index (χ2v) is 4.01. The van der Waals surface area contributed by atoms with Crippen molar-refractivity contribution in [1.82, 2.24) is 4.98 Å². The van der Waals surface area contributed by atoms with E-state index in [9.17, 15) is 9.18 Å². The summed E-state index contributed by atoms with van der Waals surface area (Å²) in [5.41, 5.74) is 1.44. The van der Waals surface area contributed by atoms with E-state index in [2.05, 4.69) is 10.3 Å². The first-order valence-electron chi connectivity index (χ1n) is 5.72. The molecule has 0 spiro atoms. The Morgan fingerprint density at radius 2 is 2.20 bits per heavy atom. The average Bonchev–Trinajstić information content (AvgIpc) is 2.46. The van der Waals surface area contributed by atoms with Crippen LogP contribution in [0.1, 0.15) is 21.6 Å². The van der Waals surface area contributed by atoms with Crippen LogP contribution < -0.4 is 5.32 Å². The molecule has 0 saturated carbocycles. The molecule has 0 saturated heterocycles. The Morgan fingerprint density at radius 3 is 2.80 bits per heavy atom. The van der Waals surface area contributed by atoms with Crippen molar-refractivity contribution < 1.29 is 14.3 Å². The van der Waals surface area contributed by atoms with Gasteiger partial charge in [-0.05, 0) is 29.8 Å². The number of hydrogen-bond donors (Lipinski definition) is 2. The molecule has 1 aromatic heterocycles. The molecule has 20 heavy (non-hydrogen) atoms. The lowest BCUT2D eigenvalue weighted by Gasteiger charge is -2.08. The van der Waals surface area contributed by atoms with Crippen LogP contribution in [0.3, 0.4) is 0 Å². The lowest BCUT2D eigenvalue weighted by Crippen LogP contribution is -2.04. The van der Waals surface area contributed by atoms with Gasteiger partial charge in [0.05, 0.1) is 11.3 Å². The highest BCUT2D eigenvalue weighted by molar-refractivity contribution is 5.85.